The van der Waals surface area contributed by atoms with Crippen molar-refractivity contribution in [2.75, 3.05) is 13.2 Å². The molecule has 400 valence electrons. The molecule has 1 atom stereocenters. The molecule has 0 N–H and O–H groups in total. The maximum absolute atomic E-state index is 12.8. The van der Waals surface area contributed by atoms with Gasteiger partial charge < -0.3 is 14.2 Å². The van der Waals surface area contributed by atoms with Crippen LogP contribution >= 0.6 is 0 Å². The molecule has 0 spiro atoms. The molecule has 0 bridgehead atoms. The zero-order chi connectivity index (χ0) is 51.4. The lowest BCUT2D eigenvalue weighted by molar-refractivity contribution is -0.166. The van der Waals surface area contributed by atoms with Crippen LogP contribution in [0.5, 0.6) is 0 Å². The molecule has 0 aliphatic heterocycles. The molecule has 0 radical (unpaired) electrons. The van der Waals surface area contributed by atoms with E-state index < -0.39 is 12.1 Å². The third-order valence-corrected chi connectivity index (χ3v) is 11.7. The number of hydrogen-bond donors (Lipinski definition) is 0. The van der Waals surface area contributed by atoms with Crippen molar-refractivity contribution in [3.05, 3.63) is 134 Å². The van der Waals surface area contributed by atoms with Crippen LogP contribution in [0.2, 0.25) is 0 Å². The van der Waals surface area contributed by atoms with Crippen LogP contribution in [0.4, 0.5) is 0 Å². The first-order chi connectivity index (χ1) is 35.0. The van der Waals surface area contributed by atoms with E-state index in [1.54, 1.807) is 0 Å². The molecule has 71 heavy (non-hydrogen) atoms. The maximum atomic E-state index is 12.8. The Labute approximate surface area is 436 Å². The highest BCUT2D eigenvalue weighted by Gasteiger charge is 2.19. The fraction of sp³-hybridized carbons (Fsp3) is 0.615. The minimum absolute atomic E-state index is 0.114. The SMILES string of the molecule is CC/C=C\C/C=C\C/C=C\C/C=C\C/C=C\C/C=C\CCC(=O)OC(COC(=O)CCCCCCCCC/C=C\C/C=C\C/C=C\C/C=C\C/C=C\CC)COC(=O)CCCCCCCCCCCCC. The molecule has 1 unspecified atom stereocenters. The molecule has 0 aromatic carbocycles. The number of carbonyl (C=O) groups is 3. The summed E-state index contributed by atoms with van der Waals surface area (Å²) in [6.07, 6.45) is 81.7. The third-order valence-electron chi connectivity index (χ3n) is 11.7. The van der Waals surface area contributed by atoms with Gasteiger partial charge in [-0.15, -0.1) is 0 Å². The minimum atomic E-state index is -0.826. The van der Waals surface area contributed by atoms with Gasteiger partial charge in [-0.2, -0.15) is 0 Å². The quantitative estimate of drug-likeness (QED) is 0.0262. The summed E-state index contributed by atoms with van der Waals surface area (Å²) in [5.41, 5.74) is 0. The van der Waals surface area contributed by atoms with Crippen LogP contribution in [0.1, 0.15) is 239 Å². The Bertz CT molecular complexity index is 1550. The third kappa shape index (κ3) is 56.3. The van der Waals surface area contributed by atoms with Crippen LogP contribution in [0, 0.1) is 0 Å². The number of carbonyl (C=O) groups excluding carboxylic acids is 3. The van der Waals surface area contributed by atoms with Crippen molar-refractivity contribution >= 4 is 17.9 Å². The molecule has 0 amide bonds. The Morgan fingerprint density at radius 1 is 0.296 bits per heavy atom. The summed E-state index contributed by atoms with van der Waals surface area (Å²) >= 11 is 0. The molecule has 0 aromatic heterocycles. The van der Waals surface area contributed by atoms with E-state index in [0.717, 1.165) is 116 Å². The fourth-order valence-electron chi connectivity index (χ4n) is 7.44. The van der Waals surface area contributed by atoms with E-state index in [2.05, 4.69) is 142 Å². The summed E-state index contributed by atoms with van der Waals surface area (Å²) in [6, 6.07) is 0. The summed E-state index contributed by atoms with van der Waals surface area (Å²) in [5.74, 6) is -1.02. The van der Waals surface area contributed by atoms with Gasteiger partial charge >= 0.3 is 17.9 Å². The average molecular weight is 982 g/mol. The number of hydrogen-bond acceptors (Lipinski definition) is 6. The van der Waals surface area contributed by atoms with Crippen LogP contribution in [-0.2, 0) is 28.6 Å². The van der Waals surface area contributed by atoms with Gasteiger partial charge in [0.05, 0.1) is 0 Å². The van der Waals surface area contributed by atoms with Crippen molar-refractivity contribution in [1.82, 2.24) is 0 Å². The zero-order valence-electron chi connectivity index (χ0n) is 45.7. The predicted octanol–water partition coefficient (Wildman–Crippen LogP) is 19.4. The summed E-state index contributed by atoms with van der Waals surface area (Å²) in [5, 5.41) is 0. The lowest BCUT2D eigenvalue weighted by atomic mass is 10.1. The van der Waals surface area contributed by atoms with Gasteiger partial charge in [0.15, 0.2) is 6.10 Å². The van der Waals surface area contributed by atoms with Gasteiger partial charge in [-0.1, -0.05) is 251 Å². The van der Waals surface area contributed by atoms with Gasteiger partial charge in [-0.25, -0.2) is 0 Å². The molecule has 0 aliphatic carbocycles. The first kappa shape index (κ1) is 66.6. The average Bonchev–Trinajstić information content (AvgIpc) is 3.37. The summed E-state index contributed by atoms with van der Waals surface area (Å²) < 4.78 is 16.8. The predicted molar refractivity (Wildman–Crippen MR) is 306 cm³/mol. The van der Waals surface area contributed by atoms with Gasteiger partial charge in [-0.3, -0.25) is 14.4 Å². The minimum Gasteiger partial charge on any atom is -0.462 e. The van der Waals surface area contributed by atoms with E-state index in [1.165, 1.54) is 77.0 Å². The van der Waals surface area contributed by atoms with Crippen molar-refractivity contribution in [3.63, 3.8) is 0 Å². The zero-order valence-corrected chi connectivity index (χ0v) is 45.7. The lowest BCUT2D eigenvalue weighted by Gasteiger charge is -2.18. The van der Waals surface area contributed by atoms with Gasteiger partial charge in [0.2, 0.25) is 0 Å². The molecule has 0 aliphatic rings. The largest absolute Gasteiger partial charge is 0.462 e. The number of unbranched alkanes of at least 4 members (excludes halogenated alkanes) is 17. The van der Waals surface area contributed by atoms with E-state index in [4.69, 9.17) is 14.2 Å². The van der Waals surface area contributed by atoms with Gasteiger partial charge in [0, 0.05) is 19.3 Å². The smallest absolute Gasteiger partial charge is 0.306 e. The normalized spacial score (nSPS) is 13.1. The second-order valence-electron chi connectivity index (χ2n) is 18.4. The number of ether oxygens (including phenoxy) is 3. The van der Waals surface area contributed by atoms with Crippen LogP contribution in [0.25, 0.3) is 0 Å². The van der Waals surface area contributed by atoms with E-state index in [0.29, 0.717) is 19.3 Å². The molecular formula is C65H104O6. The van der Waals surface area contributed by atoms with Crippen LogP contribution < -0.4 is 0 Å². The second kappa shape index (κ2) is 58.1. The summed E-state index contributed by atoms with van der Waals surface area (Å²) in [4.78, 5) is 38.1. The highest BCUT2D eigenvalue weighted by Crippen LogP contribution is 2.14. The monoisotopic (exact) mass is 981 g/mol. The number of rotatable bonds is 50. The van der Waals surface area contributed by atoms with Gasteiger partial charge in [0.25, 0.3) is 0 Å². The highest BCUT2D eigenvalue weighted by molar-refractivity contribution is 5.71. The second-order valence-corrected chi connectivity index (χ2v) is 18.4. The molecule has 0 aromatic rings. The van der Waals surface area contributed by atoms with Crippen molar-refractivity contribution in [1.29, 1.82) is 0 Å². The molecule has 0 rings (SSSR count). The number of esters is 3. The van der Waals surface area contributed by atoms with Crippen LogP contribution in [0.15, 0.2) is 134 Å². The molecular weight excluding hydrogens is 877 g/mol. The van der Waals surface area contributed by atoms with E-state index in [1.807, 2.05) is 12.2 Å². The Kier molecular flexibility index (Phi) is 54.5. The number of allylic oxidation sites excluding steroid dienone is 22. The van der Waals surface area contributed by atoms with Crippen molar-refractivity contribution in [3.8, 4) is 0 Å². The first-order valence-corrected chi connectivity index (χ1v) is 28.7. The molecule has 6 heteroatoms. The lowest BCUT2D eigenvalue weighted by Crippen LogP contribution is -2.30. The van der Waals surface area contributed by atoms with Crippen LogP contribution in [-0.4, -0.2) is 37.2 Å². The Hall–Kier alpha value is -4.45. The fourth-order valence-corrected chi connectivity index (χ4v) is 7.44. The topological polar surface area (TPSA) is 78.9 Å². The molecule has 0 heterocycles. The van der Waals surface area contributed by atoms with E-state index in [-0.39, 0.29) is 31.6 Å². The van der Waals surface area contributed by atoms with Crippen molar-refractivity contribution in [2.24, 2.45) is 0 Å². The summed E-state index contributed by atoms with van der Waals surface area (Å²) in [6.45, 7) is 6.33. The highest BCUT2D eigenvalue weighted by atomic mass is 16.6. The molecule has 0 saturated heterocycles. The molecule has 0 fully saturated rings. The standard InChI is InChI=1S/C65H104O6/c1-4-7-10-13-16-19-22-24-26-28-30-31-32-33-35-36-38-40-43-46-49-52-55-58-64(67)70-61-62(60-69-63(66)57-54-51-48-45-42-21-18-15-12-9-6-3)71-65(68)59-56-53-50-47-44-41-39-37-34-29-27-25-23-20-17-14-11-8-5-2/h7-8,10-11,16-17,19-20,24-27,30-31,33-35,37,41,44,50,53,62H,4-6,9,12-15,18,21-23,28-29,32,36,38-40,42-43,45-49,51-52,54-61H2,1-3H3/b10-7-,11-8-,19-16-,20-17-,26-24-,27-25-,31-30-,35-33-,37-34-,44-41-,53-50-. The van der Waals surface area contributed by atoms with E-state index in [9.17, 15) is 14.4 Å². The van der Waals surface area contributed by atoms with Crippen LogP contribution in [0.3, 0.4) is 0 Å². The van der Waals surface area contributed by atoms with E-state index >= 15 is 0 Å². The summed E-state index contributed by atoms with van der Waals surface area (Å²) in [7, 11) is 0. The Morgan fingerprint density at radius 3 is 0.915 bits per heavy atom. The van der Waals surface area contributed by atoms with Crippen molar-refractivity contribution < 1.29 is 28.6 Å². The Morgan fingerprint density at radius 2 is 0.577 bits per heavy atom. The Balaban J connectivity index is 4.47. The molecule has 0 saturated carbocycles. The van der Waals surface area contributed by atoms with Gasteiger partial charge in [0.1, 0.15) is 13.2 Å². The van der Waals surface area contributed by atoms with Crippen molar-refractivity contribution in [2.45, 2.75) is 245 Å². The first-order valence-electron chi connectivity index (χ1n) is 28.7. The maximum Gasteiger partial charge on any atom is 0.306 e. The van der Waals surface area contributed by atoms with Gasteiger partial charge in [-0.05, 0) is 103 Å². The molecule has 6 nitrogen and oxygen atoms in total.